The van der Waals surface area contributed by atoms with E-state index in [2.05, 4.69) is 19.2 Å². The minimum Gasteiger partial charge on any atom is -0.385 e. The second-order valence-corrected chi connectivity index (χ2v) is 8.49. The van der Waals surface area contributed by atoms with Crippen LogP contribution >= 0.6 is 11.3 Å². The van der Waals surface area contributed by atoms with Gasteiger partial charge in [-0.15, -0.1) is 11.3 Å². The monoisotopic (exact) mass is 400 g/mol. The molecule has 6 heteroatoms. The Hall–Kier alpha value is -2.18. The number of nitrogens with one attached hydrogen (secondary N) is 1. The quantitative estimate of drug-likeness (QED) is 0.685. The standard InChI is InChI=1S/C22H28N2O3S/c1-15(2)14-24-20(18-10-6-13-28-18)19(21(25)23-11-7-12-27-3)16-8-4-5-9-17(16)22(24)26/h4-6,8-10,13,15,19-20H,7,11-12,14H2,1-3H3,(H,23,25)/t19-,20-/m1/s1. The minimum absolute atomic E-state index is 0.00568. The number of methoxy groups -OCH3 is 1. The maximum Gasteiger partial charge on any atom is 0.254 e. The topological polar surface area (TPSA) is 58.6 Å². The van der Waals surface area contributed by atoms with Crippen LogP contribution in [0, 0.1) is 5.92 Å². The molecule has 1 aliphatic heterocycles. The molecule has 3 rings (SSSR count). The van der Waals surface area contributed by atoms with Crippen molar-refractivity contribution in [3.8, 4) is 0 Å². The van der Waals surface area contributed by atoms with E-state index in [-0.39, 0.29) is 17.9 Å². The van der Waals surface area contributed by atoms with E-state index in [1.54, 1.807) is 18.4 Å². The molecule has 0 spiro atoms. The lowest BCUT2D eigenvalue weighted by atomic mass is 9.81. The van der Waals surface area contributed by atoms with E-state index in [1.165, 1.54) is 0 Å². The van der Waals surface area contributed by atoms with Gasteiger partial charge in [-0.05, 0) is 35.4 Å². The van der Waals surface area contributed by atoms with Gasteiger partial charge in [0.25, 0.3) is 5.91 Å². The average Bonchev–Trinajstić information content (AvgIpc) is 3.21. The third-order valence-electron chi connectivity index (χ3n) is 4.94. The SMILES string of the molecule is COCCCNC(=O)[C@@H]1c2ccccc2C(=O)N(CC(C)C)[C@@H]1c1cccs1. The fraction of sp³-hybridized carbons (Fsp3) is 0.455. The maximum absolute atomic E-state index is 13.3. The zero-order valence-electron chi connectivity index (χ0n) is 16.7. The van der Waals surface area contributed by atoms with Crippen molar-refractivity contribution in [1.82, 2.24) is 10.2 Å². The summed E-state index contributed by atoms with van der Waals surface area (Å²) >= 11 is 1.60. The molecule has 0 bridgehead atoms. The Morgan fingerprint density at radius 1 is 1.25 bits per heavy atom. The van der Waals surface area contributed by atoms with Crippen molar-refractivity contribution in [3.05, 3.63) is 57.8 Å². The number of rotatable bonds is 8. The molecule has 1 aromatic carbocycles. The van der Waals surface area contributed by atoms with Gasteiger partial charge in [0.2, 0.25) is 5.91 Å². The van der Waals surface area contributed by atoms with Crippen molar-refractivity contribution in [3.63, 3.8) is 0 Å². The van der Waals surface area contributed by atoms with Gasteiger partial charge in [0, 0.05) is 37.2 Å². The van der Waals surface area contributed by atoms with Gasteiger partial charge in [0.1, 0.15) is 0 Å². The molecule has 5 nitrogen and oxygen atoms in total. The van der Waals surface area contributed by atoms with Crippen LogP contribution in [-0.2, 0) is 9.53 Å². The minimum atomic E-state index is -0.422. The Bertz CT molecular complexity index is 804. The summed E-state index contributed by atoms with van der Waals surface area (Å²) in [5, 5.41) is 5.06. The molecule has 0 saturated heterocycles. The van der Waals surface area contributed by atoms with Crippen LogP contribution in [0.5, 0.6) is 0 Å². The number of carbonyl (C=O) groups is 2. The molecule has 28 heavy (non-hydrogen) atoms. The molecule has 1 N–H and O–H groups in total. The van der Waals surface area contributed by atoms with Crippen LogP contribution in [0.4, 0.5) is 0 Å². The summed E-state index contributed by atoms with van der Waals surface area (Å²) < 4.78 is 5.08. The molecule has 0 unspecified atom stereocenters. The smallest absolute Gasteiger partial charge is 0.254 e. The molecule has 2 aromatic rings. The Kier molecular flexibility index (Phi) is 6.86. The molecule has 1 aliphatic rings. The van der Waals surface area contributed by atoms with Gasteiger partial charge in [-0.3, -0.25) is 9.59 Å². The third kappa shape index (κ3) is 4.28. The molecule has 1 aromatic heterocycles. The first-order valence-electron chi connectivity index (χ1n) is 9.74. The molecule has 0 saturated carbocycles. The van der Waals surface area contributed by atoms with E-state index in [0.29, 0.717) is 31.2 Å². The van der Waals surface area contributed by atoms with Gasteiger partial charge in [0.15, 0.2) is 0 Å². The van der Waals surface area contributed by atoms with Crippen molar-refractivity contribution in [1.29, 1.82) is 0 Å². The normalized spacial score (nSPS) is 19.0. The molecule has 2 heterocycles. The number of hydrogen-bond acceptors (Lipinski definition) is 4. The largest absolute Gasteiger partial charge is 0.385 e. The maximum atomic E-state index is 13.3. The van der Waals surface area contributed by atoms with Crippen LogP contribution in [0.25, 0.3) is 0 Å². The summed E-state index contributed by atoms with van der Waals surface area (Å²) in [7, 11) is 1.65. The fourth-order valence-corrected chi connectivity index (χ4v) is 4.66. The van der Waals surface area contributed by atoms with Gasteiger partial charge in [-0.25, -0.2) is 0 Å². The molecular formula is C22H28N2O3S. The van der Waals surface area contributed by atoms with Crippen molar-refractivity contribution in [2.45, 2.75) is 32.2 Å². The number of fused-ring (bicyclic) bond motifs is 1. The van der Waals surface area contributed by atoms with Crippen molar-refractivity contribution >= 4 is 23.2 Å². The van der Waals surface area contributed by atoms with Crippen LogP contribution < -0.4 is 5.32 Å². The van der Waals surface area contributed by atoms with Crippen LogP contribution in [0.2, 0.25) is 0 Å². The summed E-state index contributed by atoms with van der Waals surface area (Å²) in [4.78, 5) is 29.5. The number of benzene rings is 1. The summed E-state index contributed by atoms with van der Waals surface area (Å²) in [6, 6.07) is 11.2. The molecule has 2 atom stereocenters. The molecular weight excluding hydrogens is 372 g/mol. The second-order valence-electron chi connectivity index (χ2n) is 7.51. The fourth-order valence-electron chi connectivity index (χ4n) is 3.78. The highest BCUT2D eigenvalue weighted by molar-refractivity contribution is 7.10. The number of carbonyl (C=O) groups excluding carboxylic acids is 2. The molecule has 0 aliphatic carbocycles. The van der Waals surface area contributed by atoms with Crippen LogP contribution in [0.15, 0.2) is 41.8 Å². The van der Waals surface area contributed by atoms with Crippen molar-refractivity contribution < 1.29 is 14.3 Å². The number of amides is 2. The van der Waals surface area contributed by atoms with Gasteiger partial charge >= 0.3 is 0 Å². The summed E-state index contributed by atoms with van der Waals surface area (Å²) in [6.45, 7) is 5.97. The zero-order valence-corrected chi connectivity index (χ0v) is 17.5. The first-order valence-corrected chi connectivity index (χ1v) is 10.6. The van der Waals surface area contributed by atoms with Gasteiger partial charge in [-0.1, -0.05) is 38.1 Å². The van der Waals surface area contributed by atoms with E-state index in [9.17, 15) is 9.59 Å². The highest BCUT2D eigenvalue weighted by Gasteiger charge is 2.44. The van der Waals surface area contributed by atoms with Crippen molar-refractivity contribution in [2.75, 3.05) is 26.8 Å². The van der Waals surface area contributed by atoms with Crippen LogP contribution in [0.3, 0.4) is 0 Å². The van der Waals surface area contributed by atoms with E-state index in [0.717, 1.165) is 16.9 Å². The molecule has 0 fully saturated rings. The predicted octanol–water partition coefficient (Wildman–Crippen LogP) is 3.84. The Labute approximate surface area is 170 Å². The molecule has 2 amide bonds. The number of hydrogen-bond donors (Lipinski definition) is 1. The van der Waals surface area contributed by atoms with E-state index >= 15 is 0 Å². The van der Waals surface area contributed by atoms with E-state index in [1.807, 2.05) is 46.7 Å². The number of ether oxygens (including phenoxy) is 1. The lowest BCUT2D eigenvalue weighted by Crippen LogP contribution is -2.48. The zero-order chi connectivity index (χ0) is 20.1. The number of nitrogens with zero attached hydrogens (tertiary/aromatic N) is 1. The predicted molar refractivity (Wildman–Crippen MR) is 112 cm³/mol. The first-order chi connectivity index (χ1) is 13.5. The summed E-state index contributed by atoms with van der Waals surface area (Å²) in [5.74, 6) is -0.148. The highest BCUT2D eigenvalue weighted by Crippen LogP contribution is 2.44. The Morgan fingerprint density at radius 2 is 2.04 bits per heavy atom. The molecule has 150 valence electrons. The van der Waals surface area contributed by atoms with Gasteiger partial charge in [0.05, 0.1) is 12.0 Å². The first kappa shape index (κ1) is 20.6. The van der Waals surface area contributed by atoms with E-state index < -0.39 is 5.92 Å². The van der Waals surface area contributed by atoms with Gasteiger partial charge < -0.3 is 15.0 Å². The summed E-state index contributed by atoms with van der Waals surface area (Å²) in [5.41, 5.74) is 1.45. The van der Waals surface area contributed by atoms with E-state index in [4.69, 9.17) is 4.74 Å². The highest BCUT2D eigenvalue weighted by atomic mass is 32.1. The Balaban J connectivity index is 2.02. The number of thiophene rings is 1. The lowest BCUT2D eigenvalue weighted by molar-refractivity contribution is -0.124. The lowest BCUT2D eigenvalue weighted by Gasteiger charge is -2.42. The molecule has 0 radical (unpaired) electrons. The Morgan fingerprint density at radius 3 is 2.71 bits per heavy atom. The average molecular weight is 401 g/mol. The second kappa shape index (κ2) is 9.34. The van der Waals surface area contributed by atoms with Crippen molar-refractivity contribution in [2.24, 2.45) is 5.92 Å². The van der Waals surface area contributed by atoms with Gasteiger partial charge in [-0.2, -0.15) is 0 Å². The summed E-state index contributed by atoms with van der Waals surface area (Å²) in [6.07, 6.45) is 0.759. The van der Waals surface area contributed by atoms with Crippen LogP contribution in [0.1, 0.15) is 53.0 Å². The third-order valence-corrected chi connectivity index (χ3v) is 5.89. The van der Waals surface area contributed by atoms with Crippen LogP contribution in [-0.4, -0.2) is 43.5 Å².